The van der Waals surface area contributed by atoms with Crippen molar-refractivity contribution < 1.29 is 4.74 Å². The maximum absolute atomic E-state index is 5.94. The first-order valence-electron chi connectivity index (χ1n) is 7.70. The largest absolute Gasteiger partial charge is 0.379 e. The van der Waals surface area contributed by atoms with Crippen LogP contribution in [0.5, 0.6) is 0 Å². The molecule has 2 heterocycles. The van der Waals surface area contributed by atoms with Crippen LogP contribution in [-0.4, -0.2) is 50.3 Å². The lowest BCUT2D eigenvalue weighted by atomic mass is 10.2. The van der Waals surface area contributed by atoms with Crippen LogP contribution in [0.1, 0.15) is 30.7 Å². The third-order valence-electron chi connectivity index (χ3n) is 3.63. The fourth-order valence-electron chi connectivity index (χ4n) is 2.39. The van der Waals surface area contributed by atoms with Crippen molar-refractivity contribution in [3.8, 4) is 0 Å². The van der Waals surface area contributed by atoms with E-state index < -0.39 is 0 Å². The van der Waals surface area contributed by atoms with Crippen LogP contribution in [0, 0.1) is 0 Å². The molecule has 1 aliphatic rings. The fourth-order valence-corrected chi connectivity index (χ4v) is 3.24. The smallest absolute Gasteiger partial charge is 0.188 e. The van der Waals surface area contributed by atoms with Crippen LogP contribution < -0.4 is 11.1 Å². The zero-order valence-electron chi connectivity index (χ0n) is 12.8. The first-order valence-corrected chi connectivity index (χ1v) is 8.58. The van der Waals surface area contributed by atoms with Crippen molar-refractivity contribution in [2.45, 2.75) is 25.8 Å². The van der Waals surface area contributed by atoms with Crippen LogP contribution in [0.4, 0.5) is 0 Å². The van der Waals surface area contributed by atoms with E-state index in [9.17, 15) is 0 Å². The molecule has 0 amide bonds. The number of aliphatic imine (C=N–C) groups is 1. The molecule has 0 saturated carbocycles. The van der Waals surface area contributed by atoms with Crippen LogP contribution in [0.2, 0.25) is 0 Å². The molecule has 1 aromatic rings. The normalized spacial score (nSPS) is 18.6. The van der Waals surface area contributed by atoms with Gasteiger partial charge in [-0.2, -0.15) is 0 Å². The molecule has 0 radical (unpaired) electrons. The van der Waals surface area contributed by atoms with Gasteiger partial charge in [-0.3, -0.25) is 9.89 Å². The van der Waals surface area contributed by atoms with Gasteiger partial charge in [-0.05, 0) is 17.9 Å². The van der Waals surface area contributed by atoms with Gasteiger partial charge in [-0.25, -0.2) is 0 Å². The predicted molar refractivity (Wildman–Crippen MR) is 88.9 cm³/mol. The Morgan fingerprint density at radius 3 is 3.00 bits per heavy atom. The summed E-state index contributed by atoms with van der Waals surface area (Å²) in [6.45, 7) is 7.28. The third-order valence-corrected chi connectivity index (χ3v) is 4.60. The van der Waals surface area contributed by atoms with Crippen molar-refractivity contribution in [1.29, 1.82) is 0 Å². The van der Waals surface area contributed by atoms with Crippen molar-refractivity contribution in [3.05, 3.63) is 22.4 Å². The van der Waals surface area contributed by atoms with Gasteiger partial charge in [0.2, 0.25) is 0 Å². The molecule has 0 aromatic carbocycles. The Morgan fingerprint density at radius 2 is 2.33 bits per heavy atom. The highest BCUT2D eigenvalue weighted by Crippen LogP contribution is 2.26. The molecule has 21 heavy (non-hydrogen) atoms. The molecule has 0 spiro atoms. The number of hydrogen-bond donors (Lipinski definition) is 2. The summed E-state index contributed by atoms with van der Waals surface area (Å²) >= 11 is 1.78. The number of guanidine groups is 1. The van der Waals surface area contributed by atoms with Gasteiger partial charge in [0.1, 0.15) is 0 Å². The van der Waals surface area contributed by atoms with Crippen molar-refractivity contribution in [2.24, 2.45) is 10.7 Å². The van der Waals surface area contributed by atoms with Crippen LogP contribution in [0.3, 0.4) is 0 Å². The second-order valence-corrected chi connectivity index (χ2v) is 6.17. The molecule has 6 heteroatoms. The van der Waals surface area contributed by atoms with Gasteiger partial charge in [0.25, 0.3) is 0 Å². The first-order chi connectivity index (χ1) is 10.3. The molecule has 1 unspecified atom stereocenters. The zero-order chi connectivity index (χ0) is 14.9. The predicted octanol–water partition coefficient (Wildman–Crippen LogP) is 1.83. The highest BCUT2D eigenvalue weighted by Gasteiger charge is 2.23. The van der Waals surface area contributed by atoms with Crippen LogP contribution >= 0.6 is 11.3 Å². The van der Waals surface area contributed by atoms with E-state index in [0.29, 0.717) is 18.5 Å². The van der Waals surface area contributed by atoms with Gasteiger partial charge in [0.05, 0.1) is 25.8 Å². The maximum atomic E-state index is 5.94. The minimum atomic E-state index is 0.306. The number of nitrogens with zero attached hydrogens (tertiary/aromatic N) is 2. The van der Waals surface area contributed by atoms with Crippen LogP contribution in [0.15, 0.2) is 22.5 Å². The number of nitrogens with two attached hydrogens (primary N) is 1. The Balaban J connectivity index is 1.94. The monoisotopic (exact) mass is 310 g/mol. The molecule has 1 fully saturated rings. The van der Waals surface area contributed by atoms with E-state index >= 15 is 0 Å². The van der Waals surface area contributed by atoms with Crippen LogP contribution in [-0.2, 0) is 4.74 Å². The molecule has 0 bridgehead atoms. The lowest BCUT2D eigenvalue weighted by molar-refractivity contribution is 0.0187. The fraction of sp³-hybridized carbons (Fsp3) is 0.667. The lowest BCUT2D eigenvalue weighted by Gasteiger charge is -2.33. The van der Waals surface area contributed by atoms with E-state index in [1.165, 1.54) is 4.88 Å². The molecule has 1 atom stereocenters. The average Bonchev–Trinajstić information content (AvgIpc) is 3.03. The summed E-state index contributed by atoms with van der Waals surface area (Å²) in [6.07, 6.45) is 2.28. The lowest BCUT2D eigenvalue weighted by Crippen LogP contribution is -2.40. The average molecular weight is 310 g/mol. The summed E-state index contributed by atoms with van der Waals surface area (Å²) in [5.74, 6) is 0.554. The third kappa shape index (κ3) is 5.30. The molecule has 0 aliphatic carbocycles. The Hall–Kier alpha value is -1.11. The summed E-state index contributed by atoms with van der Waals surface area (Å²) in [6, 6.07) is 4.58. The topological polar surface area (TPSA) is 62.9 Å². The van der Waals surface area contributed by atoms with Crippen molar-refractivity contribution in [2.75, 3.05) is 39.4 Å². The number of ether oxygens (including phenoxy) is 1. The molecule has 2 rings (SSSR count). The van der Waals surface area contributed by atoms with E-state index in [-0.39, 0.29) is 0 Å². The van der Waals surface area contributed by atoms with Crippen molar-refractivity contribution >= 4 is 17.3 Å². The Bertz CT molecular complexity index is 415. The summed E-state index contributed by atoms with van der Waals surface area (Å²) in [5, 5.41) is 5.30. The first kappa shape index (κ1) is 16.3. The molecular weight excluding hydrogens is 284 g/mol. The van der Waals surface area contributed by atoms with Crippen molar-refractivity contribution in [3.63, 3.8) is 0 Å². The minimum Gasteiger partial charge on any atom is -0.379 e. The molecule has 5 nitrogen and oxygen atoms in total. The molecule has 3 N–H and O–H groups in total. The number of thiophene rings is 1. The highest BCUT2D eigenvalue weighted by atomic mass is 32.1. The molecule has 1 aromatic heterocycles. The summed E-state index contributed by atoms with van der Waals surface area (Å²) in [4.78, 5) is 8.33. The van der Waals surface area contributed by atoms with Gasteiger partial charge >= 0.3 is 0 Å². The summed E-state index contributed by atoms with van der Waals surface area (Å²) < 4.78 is 5.45. The van der Waals surface area contributed by atoms with Gasteiger partial charge in [0.15, 0.2) is 5.96 Å². The van der Waals surface area contributed by atoms with Gasteiger partial charge in [0, 0.05) is 24.5 Å². The quantitative estimate of drug-likeness (QED) is 0.458. The Labute approximate surface area is 131 Å². The minimum absolute atomic E-state index is 0.306. The van der Waals surface area contributed by atoms with E-state index in [4.69, 9.17) is 10.5 Å². The van der Waals surface area contributed by atoms with E-state index in [0.717, 1.165) is 45.7 Å². The SMILES string of the molecule is CCCCNC(N)=NCC(c1cccs1)N1CCOCC1. The summed E-state index contributed by atoms with van der Waals surface area (Å²) in [7, 11) is 0. The number of nitrogens with one attached hydrogen (secondary N) is 1. The number of morpholine rings is 1. The molecular formula is C15H26N4OS. The maximum Gasteiger partial charge on any atom is 0.188 e. The molecule has 1 saturated heterocycles. The van der Waals surface area contributed by atoms with Gasteiger partial charge in [-0.1, -0.05) is 19.4 Å². The number of rotatable bonds is 7. The number of hydrogen-bond acceptors (Lipinski definition) is 4. The van der Waals surface area contributed by atoms with E-state index in [2.05, 4.69) is 39.6 Å². The van der Waals surface area contributed by atoms with Crippen LogP contribution in [0.25, 0.3) is 0 Å². The van der Waals surface area contributed by atoms with Crippen molar-refractivity contribution in [1.82, 2.24) is 10.2 Å². The molecule has 118 valence electrons. The highest BCUT2D eigenvalue weighted by molar-refractivity contribution is 7.10. The van der Waals surface area contributed by atoms with Gasteiger partial charge < -0.3 is 15.8 Å². The zero-order valence-corrected chi connectivity index (χ0v) is 13.6. The summed E-state index contributed by atoms with van der Waals surface area (Å²) in [5.41, 5.74) is 5.94. The van der Waals surface area contributed by atoms with E-state index in [1.807, 2.05) is 0 Å². The number of unbranched alkanes of at least 4 members (excludes halogenated alkanes) is 1. The Morgan fingerprint density at radius 1 is 1.52 bits per heavy atom. The van der Waals surface area contributed by atoms with E-state index in [1.54, 1.807) is 11.3 Å². The second-order valence-electron chi connectivity index (χ2n) is 5.19. The molecule has 1 aliphatic heterocycles. The standard InChI is InChI=1S/C15H26N4OS/c1-2-3-6-17-15(16)18-12-13(14-5-4-11-21-14)19-7-9-20-10-8-19/h4-5,11,13H,2-3,6-10,12H2,1H3,(H3,16,17,18). The Kier molecular flexibility index (Phi) is 6.99. The second kappa shape index (κ2) is 9.02. The van der Waals surface area contributed by atoms with Gasteiger partial charge in [-0.15, -0.1) is 11.3 Å².